The number of aromatic nitrogens is 1. The van der Waals surface area contributed by atoms with Gasteiger partial charge in [-0.25, -0.2) is 4.98 Å². The standard InChI is InChI=1S/C19H24N4O2/c1-22-7-9-23(10-8-22)6-3-11-25-17-5-4-15-12-16(14-20)19(24-2)21-18(15)13-17/h4-5,12-13H,3,6-11H2,1-2H3. The topological polar surface area (TPSA) is 61.6 Å². The van der Waals surface area contributed by atoms with Gasteiger partial charge in [-0.05, 0) is 31.7 Å². The second-order valence-corrected chi connectivity index (χ2v) is 6.36. The van der Waals surface area contributed by atoms with E-state index in [0.717, 1.165) is 55.8 Å². The van der Waals surface area contributed by atoms with Crippen LogP contribution < -0.4 is 9.47 Å². The van der Waals surface area contributed by atoms with E-state index in [2.05, 4.69) is 27.9 Å². The molecule has 0 radical (unpaired) electrons. The number of hydrogen-bond acceptors (Lipinski definition) is 6. The third-order valence-electron chi connectivity index (χ3n) is 4.55. The number of nitriles is 1. The first-order valence-electron chi connectivity index (χ1n) is 8.62. The van der Waals surface area contributed by atoms with Crippen molar-refractivity contribution in [1.82, 2.24) is 14.8 Å². The van der Waals surface area contributed by atoms with E-state index in [1.807, 2.05) is 18.2 Å². The summed E-state index contributed by atoms with van der Waals surface area (Å²) in [6.45, 7) is 6.31. The van der Waals surface area contributed by atoms with Crippen molar-refractivity contribution in [2.45, 2.75) is 6.42 Å². The van der Waals surface area contributed by atoms with Crippen molar-refractivity contribution >= 4 is 10.9 Å². The van der Waals surface area contributed by atoms with Gasteiger partial charge in [0.15, 0.2) is 0 Å². The van der Waals surface area contributed by atoms with Crippen LogP contribution in [0.5, 0.6) is 11.6 Å². The van der Waals surface area contributed by atoms with Gasteiger partial charge in [0.25, 0.3) is 0 Å². The van der Waals surface area contributed by atoms with Crippen molar-refractivity contribution in [3.63, 3.8) is 0 Å². The summed E-state index contributed by atoms with van der Waals surface area (Å²) in [4.78, 5) is 9.24. The molecule has 0 saturated carbocycles. The Balaban J connectivity index is 1.56. The minimum atomic E-state index is 0.349. The molecule has 0 spiro atoms. The molecule has 0 aliphatic carbocycles. The molecule has 6 nitrogen and oxygen atoms in total. The van der Waals surface area contributed by atoms with Crippen LogP contribution in [0, 0.1) is 11.3 Å². The average Bonchev–Trinajstić information content (AvgIpc) is 2.65. The fourth-order valence-corrected chi connectivity index (χ4v) is 3.00. The minimum Gasteiger partial charge on any atom is -0.493 e. The van der Waals surface area contributed by atoms with Gasteiger partial charge in [0.2, 0.25) is 5.88 Å². The largest absolute Gasteiger partial charge is 0.493 e. The Labute approximate surface area is 148 Å². The molecule has 132 valence electrons. The summed E-state index contributed by atoms with van der Waals surface area (Å²) in [6.07, 6.45) is 1.01. The van der Waals surface area contributed by atoms with Crippen LogP contribution in [0.3, 0.4) is 0 Å². The van der Waals surface area contributed by atoms with Crippen LogP contribution in [-0.2, 0) is 0 Å². The summed E-state index contributed by atoms with van der Waals surface area (Å²) in [7, 11) is 3.69. The number of hydrogen-bond donors (Lipinski definition) is 0. The van der Waals surface area contributed by atoms with Gasteiger partial charge in [-0.2, -0.15) is 5.26 Å². The number of ether oxygens (including phenoxy) is 2. The van der Waals surface area contributed by atoms with E-state index in [0.29, 0.717) is 18.1 Å². The third kappa shape index (κ3) is 4.38. The molecular weight excluding hydrogens is 316 g/mol. The molecule has 0 amide bonds. The number of methoxy groups -OCH3 is 1. The van der Waals surface area contributed by atoms with Gasteiger partial charge in [0, 0.05) is 44.2 Å². The number of benzene rings is 1. The Morgan fingerprint density at radius 3 is 2.72 bits per heavy atom. The molecule has 1 fully saturated rings. The van der Waals surface area contributed by atoms with E-state index in [9.17, 15) is 0 Å². The molecule has 1 aromatic carbocycles. The van der Waals surface area contributed by atoms with E-state index in [1.54, 1.807) is 6.07 Å². The first-order chi connectivity index (χ1) is 12.2. The zero-order valence-electron chi connectivity index (χ0n) is 14.9. The molecule has 1 aromatic heterocycles. The lowest BCUT2D eigenvalue weighted by atomic mass is 10.1. The highest BCUT2D eigenvalue weighted by molar-refractivity contribution is 5.82. The summed E-state index contributed by atoms with van der Waals surface area (Å²) in [6, 6.07) is 9.64. The summed E-state index contributed by atoms with van der Waals surface area (Å²) in [5, 5.41) is 10.0. The Hall–Kier alpha value is -2.36. The first-order valence-corrected chi connectivity index (χ1v) is 8.62. The van der Waals surface area contributed by atoms with Gasteiger partial charge in [0.05, 0.1) is 19.2 Å². The van der Waals surface area contributed by atoms with Crippen molar-refractivity contribution in [1.29, 1.82) is 5.26 Å². The number of piperazine rings is 1. The van der Waals surface area contributed by atoms with Crippen LogP contribution in [0.15, 0.2) is 24.3 Å². The lowest BCUT2D eigenvalue weighted by Gasteiger charge is -2.32. The quantitative estimate of drug-likeness (QED) is 0.751. The van der Waals surface area contributed by atoms with Crippen molar-refractivity contribution in [2.24, 2.45) is 0 Å². The second kappa shape index (κ2) is 8.15. The maximum atomic E-state index is 9.13. The number of likely N-dealkylation sites (N-methyl/N-ethyl adjacent to an activating group) is 1. The molecule has 1 aliphatic rings. The van der Waals surface area contributed by atoms with E-state index in [4.69, 9.17) is 14.7 Å². The molecule has 3 rings (SSSR count). The number of fused-ring (bicyclic) bond motifs is 1. The molecular formula is C19H24N4O2. The monoisotopic (exact) mass is 340 g/mol. The third-order valence-corrected chi connectivity index (χ3v) is 4.55. The van der Waals surface area contributed by atoms with Crippen LogP contribution in [0.25, 0.3) is 10.9 Å². The summed E-state index contributed by atoms with van der Waals surface area (Å²) in [5.74, 6) is 1.15. The van der Waals surface area contributed by atoms with Crippen molar-refractivity contribution < 1.29 is 9.47 Å². The average molecular weight is 340 g/mol. The normalized spacial score (nSPS) is 15.9. The lowest BCUT2D eigenvalue weighted by Crippen LogP contribution is -2.44. The fraction of sp³-hybridized carbons (Fsp3) is 0.474. The van der Waals surface area contributed by atoms with Gasteiger partial charge in [-0.15, -0.1) is 0 Å². The number of rotatable bonds is 6. The smallest absolute Gasteiger partial charge is 0.231 e. The van der Waals surface area contributed by atoms with Gasteiger partial charge in [-0.3, -0.25) is 0 Å². The number of nitrogens with zero attached hydrogens (tertiary/aromatic N) is 4. The Bertz CT molecular complexity index is 764. The fourth-order valence-electron chi connectivity index (χ4n) is 3.00. The molecule has 25 heavy (non-hydrogen) atoms. The van der Waals surface area contributed by atoms with E-state index >= 15 is 0 Å². The Morgan fingerprint density at radius 2 is 2.00 bits per heavy atom. The highest BCUT2D eigenvalue weighted by Gasteiger charge is 2.13. The molecule has 2 aromatic rings. The summed E-state index contributed by atoms with van der Waals surface area (Å²) < 4.78 is 11.0. The maximum absolute atomic E-state index is 9.13. The predicted octanol–water partition coefficient (Wildman–Crippen LogP) is 2.13. The zero-order chi connectivity index (χ0) is 17.6. The molecule has 2 heterocycles. The maximum Gasteiger partial charge on any atom is 0.231 e. The number of pyridine rings is 1. The van der Waals surface area contributed by atoms with Crippen molar-refractivity contribution in [2.75, 3.05) is 53.5 Å². The van der Waals surface area contributed by atoms with Gasteiger partial charge >= 0.3 is 0 Å². The molecule has 0 atom stereocenters. The van der Waals surface area contributed by atoms with Crippen molar-refractivity contribution in [3.8, 4) is 17.7 Å². The molecule has 6 heteroatoms. The van der Waals surface area contributed by atoms with Crippen LogP contribution in [0.4, 0.5) is 0 Å². The predicted molar refractivity (Wildman–Crippen MR) is 97.1 cm³/mol. The van der Waals surface area contributed by atoms with Crippen LogP contribution in [0.1, 0.15) is 12.0 Å². The van der Waals surface area contributed by atoms with Crippen LogP contribution in [-0.4, -0.2) is 68.3 Å². The summed E-state index contributed by atoms with van der Waals surface area (Å²) >= 11 is 0. The first kappa shape index (κ1) is 17.5. The van der Waals surface area contributed by atoms with Crippen molar-refractivity contribution in [3.05, 3.63) is 29.8 Å². The van der Waals surface area contributed by atoms with Gasteiger partial charge < -0.3 is 19.3 Å². The van der Waals surface area contributed by atoms with Crippen LogP contribution in [0.2, 0.25) is 0 Å². The molecule has 0 N–H and O–H groups in total. The highest BCUT2D eigenvalue weighted by atomic mass is 16.5. The molecule has 1 saturated heterocycles. The van der Waals surface area contributed by atoms with Gasteiger partial charge in [-0.1, -0.05) is 0 Å². The minimum absolute atomic E-state index is 0.349. The van der Waals surface area contributed by atoms with Crippen LogP contribution >= 0.6 is 0 Å². The highest BCUT2D eigenvalue weighted by Crippen LogP contribution is 2.25. The van der Waals surface area contributed by atoms with E-state index in [1.165, 1.54) is 7.11 Å². The van der Waals surface area contributed by atoms with Gasteiger partial charge in [0.1, 0.15) is 17.4 Å². The Kier molecular flexibility index (Phi) is 5.69. The van der Waals surface area contributed by atoms with E-state index < -0.39 is 0 Å². The second-order valence-electron chi connectivity index (χ2n) is 6.36. The Morgan fingerprint density at radius 1 is 1.20 bits per heavy atom. The SMILES string of the molecule is COc1nc2cc(OCCCN3CCN(C)CC3)ccc2cc1C#N. The summed E-state index contributed by atoms with van der Waals surface area (Å²) in [5.41, 5.74) is 1.21. The van der Waals surface area contributed by atoms with E-state index in [-0.39, 0.29) is 0 Å². The molecule has 1 aliphatic heterocycles. The molecule has 0 bridgehead atoms. The molecule has 0 unspecified atom stereocenters. The lowest BCUT2D eigenvalue weighted by molar-refractivity contribution is 0.145. The zero-order valence-corrected chi connectivity index (χ0v) is 14.9.